The highest BCUT2D eigenvalue weighted by Crippen LogP contribution is 2.47. The van der Waals surface area contributed by atoms with Gasteiger partial charge in [0.25, 0.3) is 0 Å². The van der Waals surface area contributed by atoms with Gasteiger partial charge in [-0.2, -0.15) is 11.8 Å². The molecule has 2 N–H and O–H groups in total. The van der Waals surface area contributed by atoms with E-state index in [-0.39, 0.29) is 16.9 Å². The van der Waals surface area contributed by atoms with Gasteiger partial charge >= 0.3 is 0 Å². The molecule has 1 aliphatic rings. The molecule has 0 saturated carbocycles. The Morgan fingerprint density at radius 3 is 2.67 bits per heavy atom. The van der Waals surface area contributed by atoms with E-state index in [4.69, 9.17) is 10.5 Å². The Labute approximate surface area is 114 Å². The van der Waals surface area contributed by atoms with Crippen LogP contribution in [0.2, 0.25) is 0 Å². The number of para-hydroxylation sites is 1. The maximum absolute atomic E-state index is 6.51. The summed E-state index contributed by atoms with van der Waals surface area (Å²) in [5.74, 6) is 2.16. The van der Waals surface area contributed by atoms with E-state index >= 15 is 0 Å². The molecular weight excluding hydrogens is 242 g/mol. The van der Waals surface area contributed by atoms with Crippen molar-refractivity contribution >= 4 is 11.8 Å². The summed E-state index contributed by atoms with van der Waals surface area (Å²) in [5, 5.41) is 0. The van der Waals surface area contributed by atoms with Crippen LogP contribution >= 0.6 is 11.8 Å². The molecule has 2 atom stereocenters. The van der Waals surface area contributed by atoms with Gasteiger partial charge in [-0.25, -0.2) is 0 Å². The van der Waals surface area contributed by atoms with E-state index in [1.165, 1.54) is 18.6 Å². The Kier molecular flexibility index (Phi) is 4.23. The zero-order valence-corrected chi connectivity index (χ0v) is 12.3. The second kappa shape index (κ2) is 5.54. The normalized spacial score (nSPS) is 25.4. The molecule has 0 aliphatic carbocycles. The number of thioether (sulfide) groups is 1. The molecule has 0 amide bonds. The van der Waals surface area contributed by atoms with Crippen molar-refractivity contribution in [2.24, 2.45) is 5.73 Å². The Balaban J connectivity index is 2.26. The Morgan fingerprint density at radius 2 is 2.06 bits per heavy atom. The van der Waals surface area contributed by atoms with Gasteiger partial charge in [0, 0.05) is 16.4 Å². The lowest BCUT2D eigenvalue weighted by Crippen LogP contribution is -2.33. The average molecular weight is 265 g/mol. The van der Waals surface area contributed by atoms with E-state index in [9.17, 15) is 0 Å². The van der Waals surface area contributed by atoms with Gasteiger partial charge in [-0.15, -0.1) is 0 Å². The molecule has 18 heavy (non-hydrogen) atoms. The number of ether oxygens (including phenoxy) is 1. The van der Waals surface area contributed by atoms with Crippen LogP contribution in [-0.4, -0.2) is 16.6 Å². The van der Waals surface area contributed by atoms with E-state index < -0.39 is 0 Å². The summed E-state index contributed by atoms with van der Waals surface area (Å²) in [7, 11) is 0. The van der Waals surface area contributed by atoms with Gasteiger partial charge in [-0.1, -0.05) is 18.2 Å². The molecule has 0 aromatic heterocycles. The first kappa shape index (κ1) is 13.8. The monoisotopic (exact) mass is 265 g/mol. The minimum Gasteiger partial charge on any atom is -0.491 e. The molecule has 1 aromatic carbocycles. The van der Waals surface area contributed by atoms with Crippen molar-refractivity contribution in [2.75, 3.05) is 5.75 Å². The van der Waals surface area contributed by atoms with Crippen molar-refractivity contribution in [1.29, 1.82) is 0 Å². The fourth-order valence-corrected chi connectivity index (χ4v) is 3.82. The van der Waals surface area contributed by atoms with E-state index in [2.05, 4.69) is 13.0 Å². The van der Waals surface area contributed by atoms with E-state index in [1.807, 2.05) is 43.8 Å². The first-order valence-electron chi connectivity index (χ1n) is 6.68. The zero-order valence-electron chi connectivity index (χ0n) is 11.5. The minimum absolute atomic E-state index is 0.0416. The van der Waals surface area contributed by atoms with Crippen LogP contribution < -0.4 is 10.5 Å². The maximum Gasteiger partial charge on any atom is 0.124 e. The van der Waals surface area contributed by atoms with Gasteiger partial charge in [0.1, 0.15) is 5.75 Å². The summed E-state index contributed by atoms with van der Waals surface area (Å²) >= 11 is 1.99. The second-order valence-electron chi connectivity index (χ2n) is 5.45. The summed E-state index contributed by atoms with van der Waals surface area (Å²) in [6.45, 7) is 6.38. The SMILES string of the molecule is CC(C)Oc1ccccc1C(N)C1(C)CCCS1. The van der Waals surface area contributed by atoms with Crippen molar-refractivity contribution in [1.82, 2.24) is 0 Å². The summed E-state index contributed by atoms with van der Waals surface area (Å²) in [6, 6.07) is 8.23. The molecule has 2 unspecified atom stereocenters. The van der Waals surface area contributed by atoms with Gasteiger partial charge in [-0.3, -0.25) is 0 Å². The van der Waals surface area contributed by atoms with Crippen LogP contribution in [0.4, 0.5) is 0 Å². The number of hydrogen-bond acceptors (Lipinski definition) is 3. The third kappa shape index (κ3) is 2.83. The highest BCUT2D eigenvalue weighted by atomic mass is 32.2. The van der Waals surface area contributed by atoms with Crippen molar-refractivity contribution in [2.45, 2.75) is 50.5 Å². The fourth-order valence-electron chi connectivity index (χ4n) is 2.47. The molecule has 0 spiro atoms. The third-order valence-corrected chi connectivity index (χ3v) is 5.13. The topological polar surface area (TPSA) is 35.2 Å². The van der Waals surface area contributed by atoms with Crippen LogP contribution in [0.15, 0.2) is 24.3 Å². The van der Waals surface area contributed by atoms with Crippen molar-refractivity contribution in [3.63, 3.8) is 0 Å². The largest absolute Gasteiger partial charge is 0.491 e. The molecule has 2 rings (SSSR count). The summed E-state index contributed by atoms with van der Waals surface area (Å²) < 4.78 is 6.03. The second-order valence-corrected chi connectivity index (χ2v) is 7.08. The van der Waals surface area contributed by atoms with Gasteiger partial charge in [0.05, 0.1) is 6.10 Å². The fraction of sp³-hybridized carbons (Fsp3) is 0.600. The molecule has 3 heteroatoms. The van der Waals surface area contributed by atoms with E-state index in [0.717, 1.165) is 11.3 Å². The smallest absolute Gasteiger partial charge is 0.124 e. The Hall–Kier alpha value is -0.670. The Morgan fingerprint density at radius 1 is 1.33 bits per heavy atom. The highest BCUT2D eigenvalue weighted by Gasteiger charge is 2.37. The van der Waals surface area contributed by atoms with Gasteiger partial charge in [-0.05, 0) is 45.4 Å². The average Bonchev–Trinajstić information content (AvgIpc) is 2.76. The lowest BCUT2D eigenvalue weighted by atomic mass is 9.90. The molecule has 1 aliphatic heterocycles. The minimum atomic E-state index is 0.0416. The molecule has 1 saturated heterocycles. The predicted molar refractivity (Wildman–Crippen MR) is 79.2 cm³/mol. The van der Waals surface area contributed by atoms with E-state index in [0.29, 0.717) is 0 Å². The summed E-state index contributed by atoms with van der Waals surface area (Å²) in [4.78, 5) is 0. The van der Waals surface area contributed by atoms with Crippen LogP contribution in [0, 0.1) is 0 Å². The van der Waals surface area contributed by atoms with Crippen LogP contribution in [0.25, 0.3) is 0 Å². The van der Waals surface area contributed by atoms with Crippen LogP contribution in [0.3, 0.4) is 0 Å². The Bertz CT molecular complexity index is 399. The number of hydrogen-bond donors (Lipinski definition) is 1. The summed E-state index contributed by atoms with van der Waals surface area (Å²) in [5.41, 5.74) is 7.65. The van der Waals surface area contributed by atoms with Gasteiger partial charge in [0.15, 0.2) is 0 Å². The van der Waals surface area contributed by atoms with Crippen LogP contribution in [-0.2, 0) is 0 Å². The number of rotatable bonds is 4. The van der Waals surface area contributed by atoms with Gasteiger partial charge < -0.3 is 10.5 Å². The molecule has 0 bridgehead atoms. The molecular formula is C15H23NOS. The van der Waals surface area contributed by atoms with Crippen LogP contribution in [0.1, 0.15) is 45.2 Å². The molecule has 1 fully saturated rings. The van der Waals surface area contributed by atoms with Crippen molar-refractivity contribution in [3.05, 3.63) is 29.8 Å². The van der Waals surface area contributed by atoms with Crippen molar-refractivity contribution in [3.8, 4) is 5.75 Å². The molecule has 1 aromatic rings. The number of nitrogens with two attached hydrogens (primary N) is 1. The number of benzene rings is 1. The predicted octanol–water partition coefficient (Wildman–Crippen LogP) is 3.76. The maximum atomic E-state index is 6.51. The lowest BCUT2D eigenvalue weighted by Gasteiger charge is -2.32. The molecule has 100 valence electrons. The molecule has 0 radical (unpaired) electrons. The third-order valence-electron chi connectivity index (χ3n) is 3.52. The lowest BCUT2D eigenvalue weighted by molar-refractivity contribution is 0.237. The van der Waals surface area contributed by atoms with E-state index in [1.54, 1.807) is 0 Å². The van der Waals surface area contributed by atoms with Crippen molar-refractivity contribution < 1.29 is 4.74 Å². The summed E-state index contributed by atoms with van der Waals surface area (Å²) in [6.07, 6.45) is 2.64. The first-order chi connectivity index (χ1) is 8.53. The molecule has 1 heterocycles. The standard InChI is InChI=1S/C15H23NOS/c1-11(2)17-13-8-5-4-7-12(13)14(16)15(3)9-6-10-18-15/h4-5,7-8,11,14H,6,9-10,16H2,1-3H3. The quantitative estimate of drug-likeness (QED) is 0.900. The van der Waals surface area contributed by atoms with Gasteiger partial charge in [0.2, 0.25) is 0 Å². The zero-order chi connectivity index (χ0) is 13.2. The highest BCUT2D eigenvalue weighted by molar-refractivity contribution is 8.00. The van der Waals surface area contributed by atoms with Crippen LogP contribution in [0.5, 0.6) is 5.75 Å². The molecule has 2 nitrogen and oxygen atoms in total. The first-order valence-corrected chi connectivity index (χ1v) is 7.66.